The molecular formula is C21H27N3O3S. The number of aryl methyl sites for hydroxylation is 1. The van der Waals surface area contributed by atoms with Crippen LogP contribution in [0.4, 0.5) is 4.79 Å². The van der Waals surface area contributed by atoms with Crippen molar-refractivity contribution >= 4 is 16.1 Å². The number of sulfonamides is 1. The summed E-state index contributed by atoms with van der Waals surface area (Å²) in [7, 11) is -3.42. The monoisotopic (exact) mass is 401 g/mol. The lowest BCUT2D eigenvalue weighted by atomic mass is 10.1. The Balaban J connectivity index is 1.51. The van der Waals surface area contributed by atoms with Crippen LogP contribution in [0.15, 0.2) is 53.4 Å². The minimum Gasteiger partial charge on any atom is -0.334 e. The maximum atomic E-state index is 12.7. The van der Waals surface area contributed by atoms with Crippen LogP contribution in [-0.4, -0.2) is 31.8 Å². The molecule has 2 amide bonds. The molecule has 28 heavy (non-hydrogen) atoms. The zero-order valence-electron chi connectivity index (χ0n) is 16.1. The number of hydrogen-bond donors (Lipinski definition) is 2. The summed E-state index contributed by atoms with van der Waals surface area (Å²) in [4.78, 5) is 12.3. The molecule has 0 bridgehead atoms. The Kier molecular flexibility index (Phi) is 6.70. The van der Waals surface area contributed by atoms with E-state index in [1.807, 2.05) is 31.2 Å². The second-order valence-corrected chi connectivity index (χ2v) is 9.01. The van der Waals surface area contributed by atoms with Crippen molar-refractivity contribution in [1.29, 1.82) is 0 Å². The summed E-state index contributed by atoms with van der Waals surface area (Å²) in [5.74, 6) is 0. The maximum Gasteiger partial charge on any atom is 0.315 e. The normalized spacial score (nSPS) is 15.2. The number of nitrogens with zero attached hydrogens (tertiary/aromatic N) is 1. The Hall–Kier alpha value is -2.38. The molecule has 1 heterocycles. The molecule has 1 aliphatic heterocycles. The summed E-state index contributed by atoms with van der Waals surface area (Å²) in [5, 5.41) is 5.64. The number of carbonyl (C=O) groups is 1. The van der Waals surface area contributed by atoms with Gasteiger partial charge in [0.15, 0.2) is 0 Å². The molecule has 2 aromatic rings. The lowest BCUT2D eigenvalue weighted by molar-refractivity contribution is 0.240. The molecule has 0 radical (unpaired) electrons. The van der Waals surface area contributed by atoms with Crippen LogP contribution in [0.3, 0.4) is 0 Å². The number of nitrogens with one attached hydrogen (secondary N) is 2. The molecule has 7 heteroatoms. The first-order valence-electron chi connectivity index (χ1n) is 9.62. The van der Waals surface area contributed by atoms with Gasteiger partial charge in [-0.2, -0.15) is 4.31 Å². The summed E-state index contributed by atoms with van der Waals surface area (Å²) < 4.78 is 26.9. The van der Waals surface area contributed by atoms with E-state index in [2.05, 4.69) is 10.6 Å². The Morgan fingerprint density at radius 2 is 1.57 bits per heavy atom. The second kappa shape index (κ2) is 9.21. The summed E-state index contributed by atoms with van der Waals surface area (Å²) in [6.07, 6.45) is 2.92. The van der Waals surface area contributed by atoms with Gasteiger partial charge in [-0.25, -0.2) is 13.2 Å². The predicted molar refractivity (Wildman–Crippen MR) is 109 cm³/mol. The number of benzene rings is 2. The molecule has 3 rings (SSSR count). The van der Waals surface area contributed by atoms with Gasteiger partial charge in [-0.05, 0) is 48.6 Å². The summed E-state index contributed by atoms with van der Waals surface area (Å²) in [5.41, 5.74) is 3.06. The fourth-order valence-electron chi connectivity index (χ4n) is 3.26. The van der Waals surface area contributed by atoms with Gasteiger partial charge >= 0.3 is 6.03 Å². The predicted octanol–water partition coefficient (Wildman–Crippen LogP) is 3.17. The van der Waals surface area contributed by atoms with Crippen LogP contribution in [-0.2, 0) is 23.1 Å². The highest BCUT2D eigenvalue weighted by Crippen LogP contribution is 2.20. The standard InChI is InChI=1S/C21H27N3O3S/c1-17-7-3-4-8-19(17)16-23-21(25)22-15-18-9-11-20(12-10-18)28(26,27)24-13-5-2-6-14-24/h3-4,7-12H,2,5-6,13-16H2,1H3,(H2,22,23,25). The van der Waals surface area contributed by atoms with Gasteiger partial charge in [0, 0.05) is 26.2 Å². The van der Waals surface area contributed by atoms with Crippen LogP contribution in [0.2, 0.25) is 0 Å². The minimum absolute atomic E-state index is 0.256. The van der Waals surface area contributed by atoms with Crippen molar-refractivity contribution in [2.75, 3.05) is 13.1 Å². The van der Waals surface area contributed by atoms with Gasteiger partial charge in [0.2, 0.25) is 10.0 Å². The number of piperidine rings is 1. The molecule has 6 nitrogen and oxygen atoms in total. The number of hydrogen-bond acceptors (Lipinski definition) is 3. The summed E-state index contributed by atoms with van der Waals surface area (Å²) in [6.45, 7) is 3.99. The van der Waals surface area contributed by atoms with E-state index in [1.54, 1.807) is 28.6 Å². The molecule has 0 atom stereocenters. The smallest absolute Gasteiger partial charge is 0.315 e. The molecule has 0 unspecified atom stereocenters. The quantitative estimate of drug-likeness (QED) is 0.780. The van der Waals surface area contributed by atoms with Gasteiger partial charge < -0.3 is 10.6 Å². The average Bonchev–Trinajstić information content (AvgIpc) is 2.72. The third-order valence-corrected chi connectivity index (χ3v) is 6.94. The van der Waals surface area contributed by atoms with Crippen molar-refractivity contribution in [3.05, 3.63) is 65.2 Å². The van der Waals surface area contributed by atoms with Crippen molar-refractivity contribution in [3.63, 3.8) is 0 Å². The van der Waals surface area contributed by atoms with Gasteiger partial charge in [-0.1, -0.05) is 42.8 Å². The van der Waals surface area contributed by atoms with Crippen molar-refractivity contribution in [2.45, 2.75) is 44.2 Å². The lowest BCUT2D eigenvalue weighted by Crippen LogP contribution is -2.35. The van der Waals surface area contributed by atoms with Gasteiger partial charge in [0.05, 0.1) is 4.90 Å². The van der Waals surface area contributed by atoms with E-state index in [-0.39, 0.29) is 6.03 Å². The first-order valence-corrected chi connectivity index (χ1v) is 11.1. The molecular weight excluding hydrogens is 374 g/mol. The molecule has 0 aromatic heterocycles. The van der Waals surface area contributed by atoms with Crippen molar-refractivity contribution in [1.82, 2.24) is 14.9 Å². The van der Waals surface area contributed by atoms with E-state index >= 15 is 0 Å². The lowest BCUT2D eigenvalue weighted by Gasteiger charge is -2.25. The molecule has 0 aliphatic carbocycles. The molecule has 0 saturated carbocycles. The van der Waals surface area contributed by atoms with E-state index < -0.39 is 10.0 Å². The molecule has 1 fully saturated rings. The molecule has 150 valence electrons. The highest BCUT2D eigenvalue weighted by atomic mass is 32.2. The summed E-state index contributed by atoms with van der Waals surface area (Å²) in [6, 6.07) is 14.4. The van der Waals surface area contributed by atoms with Crippen molar-refractivity contribution in [3.8, 4) is 0 Å². The average molecular weight is 402 g/mol. The Morgan fingerprint density at radius 3 is 2.25 bits per heavy atom. The first kappa shape index (κ1) is 20.4. The van der Waals surface area contributed by atoms with Gasteiger partial charge in [-0.3, -0.25) is 0 Å². The molecule has 1 saturated heterocycles. The van der Waals surface area contributed by atoms with Crippen LogP contribution in [0.1, 0.15) is 36.0 Å². The zero-order valence-corrected chi connectivity index (χ0v) is 17.0. The van der Waals surface area contributed by atoms with Crippen LogP contribution >= 0.6 is 0 Å². The maximum absolute atomic E-state index is 12.7. The molecule has 2 aromatic carbocycles. The van der Waals surface area contributed by atoms with Crippen LogP contribution in [0.25, 0.3) is 0 Å². The van der Waals surface area contributed by atoms with Crippen LogP contribution < -0.4 is 10.6 Å². The van der Waals surface area contributed by atoms with E-state index in [0.717, 1.165) is 36.0 Å². The highest BCUT2D eigenvalue weighted by Gasteiger charge is 2.25. The number of carbonyl (C=O) groups excluding carboxylic acids is 1. The fraction of sp³-hybridized carbons (Fsp3) is 0.381. The van der Waals surface area contributed by atoms with E-state index in [1.165, 1.54) is 0 Å². The third-order valence-electron chi connectivity index (χ3n) is 5.03. The first-order chi connectivity index (χ1) is 13.5. The largest absolute Gasteiger partial charge is 0.334 e. The summed E-state index contributed by atoms with van der Waals surface area (Å²) >= 11 is 0. The Bertz CT molecular complexity index is 905. The zero-order chi connectivity index (χ0) is 20.0. The Labute approximate surface area is 167 Å². The van der Waals surface area contributed by atoms with Crippen LogP contribution in [0.5, 0.6) is 0 Å². The van der Waals surface area contributed by atoms with Gasteiger partial charge in [-0.15, -0.1) is 0 Å². The minimum atomic E-state index is -3.42. The van der Waals surface area contributed by atoms with Gasteiger partial charge in [0.25, 0.3) is 0 Å². The number of rotatable bonds is 6. The molecule has 2 N–H and O–H groups in total. The number of urea groups is 1. The molecule has 0 spiro atoms. The van der Waals surface area contributed by atoms with Gasteiger partial charge in [0.1, 0.15) is 0 Å². The topological polar surface area (TPSA) is 78.5 Å². The van der Waals surface area contributed by atoms with E-state index in [0.29, 0.717) is 31.1 Å². The van der Waals surface area contributed by atoms with E-state index in [9.17, 15) is 13.2 Å². The fourth-order valence-corrected chi connectivity index (χ4v) is 4.78. The number of amides is 2. The Morgan fingerprint density at radius 1 is 0.929 bits per heavy atom. The molecule has 1 aliphatic rings. The third kappa shape index (κ3) is 5.11. The van der Waals surface area contributed by atoms with Crippen molar-refractivity contribution < 1.29 is 13.2 Å². The second-order valence-electron chi connectivity index (χ2n) is 7.07. The highest BCUT2D eigenvalue weighted by molar-refractivity contribution is 7.89. The van der Waals surface area contributed by atoms with Crippen LogP contribution in [0, 0.1) is 6.92 Å². The van der Waals surface area contributed by atoms with E-state index in [4.69, 9.17) is 0 Å². The van der Waals surface area contributed by atoms with Crippen molar-refractivity contribution in [2.24, 2.45) is 0 Å². The SMILES string of the molecule is Cc1ccccc1CNC(=O)NCc1ccc(S(=O)(=O)N2CCCCC2)cc1.